The Morgan fingerprint density at radius 1 is 0.400 bits per heavy atom. The Balaban J connectivity index is 0.00000147. The number of hydrogen-bond acceptors (Lipinski definition) is 0. The molecule has 0 fully saturated rings. The fraction of sp³-hybridized carbons (Fsp3) is 0. The third kappa shape index (κ3) is 3.48. The molecule has 0 aliphatic carbocycles. The summed E-state index contributed by atoms with van der Waals surface area (Å²) in [5.74, 6) is 0. The van der Waals surface area contributed by atoms with E-state index < -0.39 is 20.2 Å². The van der Waals surface area contributed by atoms with Crippen LogP contribution in [-0.2, 0) is 0 Å². The number of hydrogen-bond donors (Lipinski definition) is 0. The zero-order valence-corrected chi connectivity index (χ0v) is 14.7. The third-order valence-electron chi connectivity index (χ3n) is 3.04. The van der Waals surface area contributed by atoms with Crippen molar-refractivity contribution in [3.05, 3.63) is 91.0 Å². The molecular formula is C18H17SSb. The second-order valence-electron chi connectivity index (χ2n) is 4.34. The van der Waals surface area contributed by atoms with Crippen molar-refractivity contribution in [1.29, 1.82) is 0 Å². The molecule has 0 unspecified atom stereocenters. The molecular weight excluding hydrogens is 370 g/mol. The Morgan fingerprint density at radius 3 is 0.900 bits per heavy atom. The van der Waals surface area contributed by atoms with Gasteiger partial charge in [-0.3, -0.25) is 0 Å². The average Bonchev–Trinajstić information content (AvgIpc) is 2.51. The molecule has 20 heavy (non-hydrogen) atoms. The summed E-state index contributed by atoms with van der Waals surface area (Å²) in [5, 5.41) is 0. The first-order valence-corrected chi connectivity index (χ1v) is 10.2. The van der Waals surface area contributed by atoms with Gasteiger partial charge in [0.15, 0.2) is 0 Å². The van der Waals surface area contributed by atoms with Crippen LogP contribution in [0, 0.1) is 0 Å². The van der Waals surface area contributed by atoms with Crippen LogP contribution in [0.5, 0.6) is 0 Å². The van der Waals surface area contributed by atoms with E-state index in [0.717, 1.165) is 0 Å². The van der Waals surface area contributed by atoms with Crippen LogP contribution in [0.3, 0.4) is 0 Å². The summed E-state index contributed by atoms with van der Waals surface area (Å²) in [4.78, 5) is 0. The topological polar surface area (TPSA) is 0 Å². The Hall–Kier alpha value is -1.17. The van der Waals surface area contributed by atoms with Crippen molar-refractivity contribution in [3.63, 3.8) is 0 Å². The van der Waals surface area contributed by atoms with Gasteiger partial charge >= 0.3 is 122 Å². The van der Waals surface area contributed by atoms with E-state index in [1.54, 1.807) is 0 Å². The normalized spacial score (nSPS) is 10.1. The molecule has 3 rings (SSSR count). The summed E-state index contributed by atoms with van der Waals surface area (Å²) in [6, 6.07) is 32.9. The van der Waals surface area contributed by atoms with Gasteiger partial charge in [-0.1, -0.05) is 0 Å². The molecule has 3 aromatic rings. The molecule has 0 aliphatic heterocycles. The first kappa shape index (κ1) is 15.2. The monoisotopic (exact) mass is 386 g/mol. The molecule has 0 amide bonds. The van der Waals surface area contributed by atoms with E-state index in [1.165, 1.54) is 10.5 Å². The van der Waals surface area contributed by atoms with E-state index >= 15 is 0 Å². The minimum atomic E-state index is -1.83. The van der Waals surface area contributed by atoms with Crippen molar-refractivity contribution in [3.8, 4) is 0 Å². The van der Waals surface area contributed by atoms with Crippen LogP contribution in [0.25, 0.3) is 0 Å². The van der Waals surface area contributed by atoms with Gasteiger partial charge in [0.25, 0.3) is 0 Å². The fourth-order valence-corrected chi connectivity index (χ4v) is 8.76. The van der Waals surface area contributed by atoms with Crippen LogP contribution in [0.1, 0.15) is 0 Å². The van der Waals surface area contributed by atoms with Crippen LogP contribution in [0.15, 0.2) is 91.0 Å². The molecule has 2 heteroatoms. The molecule has 0 spiro atoms. The Kier molecular flexibility index (Phi) is 5.76. The summed E-state index contributed by atoms with van der Waals surface area (Å²) in [7, 11) is 0. The molecule has 0 nitrogen and oxygen atoms in total. The first-order valence-electron chi connectivity index (χ1n) is 6.40. The van der Waals surface area contributed by atoms with Gasteiger partial charge in [-0.2, -0.15) is 13.5 Å². The van der Waals surface area contributed by atoms with Gasteiger partial charge in [0.2, 0.25) is 0 Å². The molecule has 0 atom stereocenters. The third-order valence-corrected chi connectivity index (χ3v) is 10.0. The standard InChI is InChI=1S/3C6H5.H2S.Sb/c3*1-2-4-6-5-3-1;;/h3*1-5H;1H2;. The van der Waals surface area contributed by atoms with Crippen molar-refractivity contribution >= 4 is 44.2 Å². The van der Waals surface area contributed by atoms with E-state index in [2.05, 4.69) is 91.0 Å². The van der Waals surface area contributed by atoms with Gasteiger partial charge < -0.3 is 0 Å². The van der Waals surface area contributed by atoms with Crippen molar-refractivity contribution in [2.45, 2.75) is 0 Å². The summed E-state index contributed by atoms with van der Waals surface area (Å²) < 4.78 is 4.55. The van der Waals surface area contributed by atoms with E-state index in [-0.39, 0.29) is 13.5 Å². The quantitative estimate of drug-likeness (QED) is 0.606. The number of rotatable bonds is 3. The van der Waals surface area contributed by atoms with Crippen LogP contribution >= 0.6 is 13.5 Å². The Bertz CT molecular complexity index is 529. The van der Waals surface area contributed by atoms with Gasteiger partial charge in [0.1, 0.15) is 0 Å². The molecule has 0 aromatic heterocycles. The van der Waals surface area contributed by atoms with Crippen LogP contribution in [-0.4, -0.2) is 20.2 Å². The Morgan fingerprint density at radius 2 is 0.650 bits per heavy atom. The maximum absolute atomic E-state index is 2.28. The van der Waals surface area contributed by atoms with Gasteiger partial charge in [-0.25, -0.2) is 0 Å². The van der Waals surface area contributed by atoms with Gasteiger partial charge in [0.05, 0.1) is 0 Å². The van der Waals surface area contributed by atoms with E-state index in [1.807, 2.05) is 0 Å². The summed E-state index contributed by atoms with van der Waals surface area (Å²) >= 11 is -1.83. The molecule has 0 bridgehead atoms. The van der Waals surface area contributed by atoms with Crippen molar-refractivity contribution in [2.24, 2.45) is 0 Å². The summed E-state index contributed by atoms with van der Waals surface area (Å²) in [5.41, 5.74) is 0. The van der Waals surface area contributed by atoms with Crippen molar-refractivity contribution < 1.29 is 0 Å². The maximum atomic E-state index is 2.28. The molecule has 0 radical (unpaired) electrons. The second kappa shape index (κ2) is 7.57. The fourth-order valence-electron chi connectivity index (χ4n) is 2.18. The van der Waals surface area contributed by atoms with E-state index in [4.69, 9.17) is 0 Å². The van der Waals surface area contributed by atoms with Gasteiger partial charge in [-0.15, -0.1) is 0 Å². The molecule has 0 heterocycles. The molecule has 0 N–H and O–H groups in total. The van der Waals surface area contributed by atoms with Crippen LogP contribution in [0.4, 0.5) is 0 Å². The van der Waals surface area contributed by atoms with E-state index in [9.17, 15) is 0 Å². The SMILES string of the molecule is S.c1cc[c]([Sb]([c]2ccccc2)[c]2ccccc2)cc1. The minimum absolute atomic E-state index is 0. The molecule has 0 aliphatic rings. The van der Waals surface area contributed by atoms with Crippen molar-refractivity contribution in [1.82, 2.24) is 0 Å². The summed E-state index contributed by atoms with van der Waals surface area (Å²) in [6.45, 7) is 0. The summed E-state index contributed by atoms with van der Waals surface area (Å²) in [6.07, 6.45) is 0. The molecule has 0 saturated carbocycles. The average molecular weight is 387 g/mol. The van der Waals surface area contributed by atoms with Gasteiger partial charge in [-0.05, 0) is 0 Å². The number of benzene rings is 3. The van der Waals surface area contributed by atoms with Crippen LogP contribution < -0.4 is 10.5 Å². The zero-order valence-electron chi connectivity index (χ0n) is 11.1. The van der Waals surface area contributed by atoms with Crippen molar-refractivity contribution in [2.75, 3.05) is 0 Å². The second-order valence-corrected chi connectivity index (χ2v) is 10.7. The molecule has 0 saturated heterocycles. The molecule has 100 valence electrons. The predicted molar refractivity (Wildman–Crippen MR) is 94.4 cm³/mol. The zero-order chi connectivity index (χ0) is 12.9. The van der Waals surface area contributed by atoms with Crippen LogP contribution in [0.2, 0.25) is 0 Å². The first-order chi connectivity index (χ1) is 9.45. The predicted octanol–water partition coefficient (Wildman–Crippen LogP) is 2.32. The molecule has 3 aromatic carbocycles. The van der Waals surface area contributed by atoms with E-state index in [0.29, 0.717) is 0 Å². The Labute approximate surface area is 134 Å². The van der Waals surface area contributed by atoms with Gasteiger partial charge in [0, 0.05) is 0 Å².